The minimum atomic E-state index is -1.27. The third-order valence-electron chi connectivity index (χ3n) is 3.24. The smallest absolute Gasteiger partial charge is 0.163 e. The topological polar surface area (TPSA) is 41.9 Å². The van der Waals surface area contributed by atoms with Gasteiger partial charge in [0, 0.05) is 31.3 Å². The van der Waals surface area contributed by atoms with Crippen molar-refractivity contribution in [2.24, 2.45) is 0 Å². The quantitative estimate of drug-likeness (QED) is 0.899. The lowest BCUT2D eigenvalue weighted by atomic mass is 10.1. The van der Waals surface area contributed by atoms with Crippen LogP contribution in [0.4, 0.5) is 8.78 Å². The second-order valence-corrected chi connectivity index (χ2v) is 4.58. The van der Waals surface area contributed by atoms with Crippen LogP contribution in [0.2, 0.25) is 0 Å². The highest BCUT2D eigenvalue weighted by molar-refractivity contribution is 5.43. The molecule has 0 bridgehead atoms. The Bertz CT molecular complexity index is 446. The number of nitrogens with zero attached hydrogens (tertiary/aromatic N) is 1. The minimum Gasteiger partial charge on any atom is -0.493 e. The van der Waals surface area contributed by atoms with Gasteiger partial charge in [-0.2, -0.15) is 0 Å². The lowest BCUT2D eigenvalue weighted by Gasteiger charge is -2.17. The van der Waals surface area contributed by atoms with Crippen LogP contribution in [-0.2, 0) is 6.54 Å². The van der Waals surface area contributed by atoms with Gasteiger partial charge in [0.15, 0.2) is 11.5 Å². The van der Waals surface area contributed by atoms with Crippen molar-refractivity contribution < 1.29 is 23.4 Å². The summed E-state index contributed by atoms with van der Waals surface area (Å²) in [7, 11) is 2.90. The molecular formula is C13H17F2NO3. The molecule has 1 fully saturated rings. The number of methoxy groups -OCH3 is 2. The summed E-state index contributed by atoms with van der Waals surface area (Å²) in [5, 5.41) is 9.34. The molecule has 4 nitrogen and oxygen atoms in total. The molecule has 1 saturated heterocycles. The van der Waals surface area contributed by atoms with Crippen LogP contribution in [0.25, 0.3) is 0 Å². The number of ether oxygens (including phenoxy) is 2. The Morgan fingerprint density at radius 1 is 1.26 bits per heavy atom. The first-order valence-electron chi connectivity index (χ1n) is 6.00. The van der Waals surface area contributed by atoms with Gasteiger partial charge in [0.25, 0.3) is 0 Å². The molecule has 1 aliphatic heterocycles. The molecule has 1 N–H and O–H groups in total. The van der Waals surface area contributed by atoms with Gasteiger partial charge in [-0.1, -0.05) is 0 Å². The molecule has 0 saturated carbocycles. The molecule has 1 aromatic rings. The van der Waals surface area contributed by atoms with E-state index in [9.17, 15) is 13.9 Å². The molecule has 1 aliphatic rings. The number of rotatable bonds is 4. The van der Waals surface area contributed by atoms with E-state index in [0.29, 0.717) is 17.1 Å². The summed E-state index contributed by atoms with van der Waals surface area (Å²) in [6, 6.07) is 2.78. The number of aliphatic hydroxyl groups excluding tert-OH is 1. The van der Waals surface area contributed by atoms with E-state index in [1.54, 1.807) is 4.90 Å². The Balaban J connectivity index is 2.16. The van der Waals surface area contributed by atoms with E-state index in [1.807, 2.05) is 0 Å². The van der Waals surface area contributed by atoms with Crippen molar-refractivity contribution in [1.29, 1.82) is 0 Å². The summed E-state index contributed by atoms with van der Waals surface area (Å²) in [6.07, 6.45) is -2.27. The van der Waals surface area contributed by atoms with Gasteiger partial charge in [-0.15, -0.1) is 0 Å². The van der Waals surface area contributed by atoms with Crippen LogP contribution in [0.15, 0.2) is 12.1 Å². The van der Waals surface area contributed by atoms with Crippen LogP contribution in [-0.4, -0.2) is 49.6 Å². The molecule has 2 rings (SSSR count). The van der Waals surface area contributed by atoms with E-state index in [0.717, 1.165) is 0 Å². The van der Waals surface area contributed by atoms with Gasteiger partial charge in [0.1, 0.15) is 12.0 Å². The monoisotopic (exact) mass is 273 g/mol. The number of alkyl halides is 1. The third kappa shape index (κ3) is 2.96. The lowest BCUT2D eigenvalue weighted by Crippen LogP contribution is -2.22. The van der Waals surface area contributed by atoms with Crippen LogP contribution < -0.4 is 9.47 Å². The molecule has 0 aliphatic carbocycles. The average Bonchev–Trinajstić information content (AvgIpc) is 2.70. The molecular weight excluding hydrogens is 256 g/mol. The maximum atomic E-state index is 13.9. The summed E-state index contributed by atoms with van der Waals surface area (Å²) in [4.78, 5) is 1.67. The molecule has 6 heteroatoms. The number of β-amino-alcohol motifs (C(OH)–C–C–N with tert-alkyl or cyclic N) is 1. The summed E-state index contributed by atoms with van der Waals surface area (Å²) >= 11 is 0. The zero-order valence-corrected chi connectivity index (χ0v) is 10.9. The Morgan fingerprint density at radius 2 is 1.89 bits per heavy atom. The third-order valence-corrected chi connectivity index (χ3v) is 3.24. The first-order chi connectivity index (χ1) is 9.05. The van der Waals surface area contributed by atoms with Crippen LogP contribution in [0.3, 0.4) is 0 Å². The molecule has 1 aromatic carbocycles. The zero-order valence-electron chi connectivity index (χ0n) is 10.9. The van der Waals surface area contributed by atoms with E-state index >= 15 is 0 Å². The van der Waals surface area contributed by atoms with Crippen molar-refractivity contribution >= 4 is 0 Å². The van der Waals surface area contributed by atoms with E-state index in [4.69, 9.17) is 9.47 Å². The summed E-state index contributed by atoms with van der Waals surface area (Å²) in [5.74, 6) is 0.304. The standard InChI is InChI=1S/C13H17F2NO3/c1-18-12-3-8(9(14)4-13(12)19-2)5-16-6-10(15)11(17)7-16/h3-4,10-11,17H,5-7H2,1-2H3/t10-,11-/m1/s1. The van der Waals surface area contributed by atoms with E-state index in [-0.39, 0.29) is 19.6 Å². The van der Waals surface area contributed by atoms with Gasteiger partial charge in [0.05, 0.1) is 20.3 Å². The summed E-state index contributed by atoms with van der Waals surface area (Å²) in [5.41, 5.74) is 0.388. The van der Waals surface area contributed by atoms with Gasteiger partial charge in [-0.25, -0.2) is 8.78 Å². The molecule has 0 spiro atoms. The van der Waals surface area contributed by atoms with Crippen molar-refractivity contribution in [2.45, 2.75) is 18.8 Å². The van der Waals surface area contributed by atoms with Crippen molar-refractivity contribution in [3.63, 3.8) is 0 Å². The minimum absolute atomic E-state index is 0.106. The van der Waals surface area contributed by atoms with E-state index in [2.05, 4.69) is 0 Å². The number of halogens is 2. The predicted octanol–water partition coefficient (Wildman–Crippen LogP) is 1.36. The average molecular weight is 273 g/mol. The largest absolute Gasteiger partial charge is 0.493 e. The summed E-state index contributed by atoms with van der Waals surface area (Å²) < 4.78 is 37.2. The highest BCUT2D eigenvalue weighted by atomic mass is 19.1. The lowest BCUT2D eigenvalue weighted by molar-refractivity contribution is 0.115. The molecule has 0 amide bonds. The van der Waals surface area contributed by atoms with Gasteiger partial charge in [-0.3, -0.25) is 4.90 Å². The summed E-state index contributed by atoms with van der Waals surface area (Å²) in [6.45, 7) is 0.535. The normalized spacial score (nSPS) is 23.6. The van der Waals surface area contributed by atoms with Gasteiger partial charge in [0.2, 0.25) is 0 Å². The molecule has 106 valence electrons. The van der Waals surface area contributed by atoms with E-state index in [1.165, 1.54) is 26.4 Å². The maximum Gasteiger partial charge on any atom is 0.163 e. The number of hydrogen-bond acceptors (Lipinski definition) is 4. The maximum absolute atomic E-state index is 13.9. The number of benzene rings is 1. The fourth-order valence-electron chi connectivity index (χ4n) is 2.21. The SMILES string of the molecule is COc1cc(F)c(CN2C[C@@H](O)[C@H](F)C2)cc1OC. The van der Waals surface area contributed by atoms with Crippen molar-refractivity contribution in [1.82, 2.24) is 4.90 Å². The Kier molecular flexibility index (Phi) is 4.21. The molecule has 2 atom stereocenters. The Labute approximate surface area is 110 Å². The van der Waals surface area contributed by atoms with Crippen LogP contribution in [0, 0.1) is 5.82 Å². The molecule has 0 aromatic heterocycles. The number of hydrogen-bond donors (Lipinski definition) is 1. The molecule has 1 heterocycles. The van der Waals surface area contributed by atoms with Gasteiger partial charge in [-0.05, 0) is 6.07 Å². The number of likely N-dealkylation sites (tertiary alicyclic amines) is 1. The van der Waals surface area contributed by atoms with Crippen molar-refractivity contribution in [2.75, 3.05) is 27.3 Å². The van der Waals surface area contributed by atoms with Crippen LogP contribution in [0.5, 0.6) is 11.5 Å². The molecule has 19 heavy (non-hydrogen) atoms. The number of aliphatic hydroxyl groups is 1. The van der Waals surface area contributed by atoms with Crippen LogP contribution in [0.1, 0.15) is 5.56 Å². The highest BCUT2D eigenvalue weighted by Gasteiger charge is 2.31. The van der Waals surface area contributed by atoms with Crippen molar-refractivity contribution in [3.8, 4) is 11.5 Å². The van der Waals surface area contributed by atoms with Crippen molar-refractivity contribution in [3.05, 3.63) is 23.5 Å². The second kappa shape index (κ2) is 5.71. The van der Waals surface area contributed by atoms with E-state index < -0.39 is 18.1 Å². The molecule has 0 radical (unpaired) electrons. The fourth-order valence-corrected chi connectivity index (χ4v) is 2.21. The Morgan fingerprint density at radius 3 is 2.42 bits per heavy atom. The first-order valence-corrected chi connectivity index (χ1v) is 6.00. The highest BCUT2D eigenvalue weighted by Crippen LogP contribution is 2.31. The fraction of sp³-hybridized carbons (Fsp3) is 0.538. The molecule has 0 unspecified atom stereocenters. The predicted molar refractivity (Wildman–Crippen MR) is 65.7 cm³/mol. The second-order valence-electron chi connectivity index (χ2n) is 4.58. The van der Waals surface area contributed by atoms with Gasteiger partial charge >= 0.3 is 0 Å². The Hall–Kier alpha value is -1.40. The van der Waals surface area contributed by atoms with Crippen LogP contribution >= 0.6 is 0 Å². The first kappa shape index (κ1) is 14.0. The van der Waals surface area contributed by atoms with Gasteiger partial charge < -0.3 is 14.6 Å². The zero-order chi connectivity index (χ0) is 14.0.